The van der Waals surface area contributed by atoms with Crippen LogP contribution in [-0.4, -0.2) is 33.7 Å². The van der Waals surface area contributed by atoms with Crippen LogP contribution in [0.25, 0.3) is 0 Å². The van der Waals surface area contributed by atoms with E-state index in [0.29, 0.717) is 18.8 Å². The average molecular weight is 456 g/mol. The summed E-state index contributed by atoms with van der Waals surface area (Å²) in [5.41, 5.74) is 2.19. The zero-order valence-electron chi connectivity index (χ0n) is 18.8. The molecule has 6 rings (SSSR count). The lowest BCUT2D eigenvalue weighted by Crippen LogP contribution is -2.32. The fourth-order valence-electron chi connectivity index (χ4n) is 5.27. The van der Waals surface area contributed by atoms with Crippen molar-refractivity contribution in [1.29, 1.82) is 0 Å². The Morgan fingerprint density at radius 1 is 0.912 bits per heavy atom. The van der Waals surface area contributed by atoms with Crippen molar-refractivity contribution >= 4 is 23.7 Å². The third kappa shape index (κ3) is 3.29. The number of imide groups is 1. The van der Waals surface area contributed by atoms with Crippen molar-refractivity contribution in [3.63, 3.8) is 0 Å². The minimum Gasteiger partial charge on any atom is -0.497 e. The summed E-state index contributed by atoms with van der Waals surface area (Å²) in [6.45, 7) is 0. The maximum atomic E-state index is 13.1. The van der Waals surface area contributed by atoms with Gasteiger partial charge in [0.05, 0.1) is 31.0 Å². The highest BCUT2D eigenvalue weighted by Crippen LogP contribution is 2.41. The van der Waals surface area contributed by atoms with E-state index >= 15 is 0 Å². The summed E-state index contributed by atoms with van der Waals surface area (Å²) < 4.78 is 7.11. The van der Waals surface area contributed by atoms with E-state index in [2.05, 4.69) is 22.4 Å². The number of carbonyl (C=O) groups excluding carboxylic acids is 2. The van der Waals surface area contributed by atoms with Crippen molar-refractivity contribution < 1.29 is 14.3 Å². The highest BCUT2D eigenvalue weighted by atomic mass is 16.5. The Morgan fingerprint density at radius 3 is 2.24 bits per heavy atom. The van der Waals surface area contributed by atoms with Crippen LogP contribution >= 0.6 is 0 Å². The molecule has 1 N–H and O–H groups in total. The lowest BCUT2D eigenvalue weighted by atomic mass is 9.85. The van der Waals surface area contributed by atoms with Crippen molar-refractivity contribution in [3.8, 4) is 5.75 Å². The summed E-state index contributed by atoms with van der Waals surface area (Å²) >= 11 is 0. The van der Waals surface area contributed by atoms with Crippen LogP contribution in [0.5, 0.6) is 5.75 Å². The van der Waals surface area contributed by atoms with Gasteiger partial charge in [-0.25, -0.2) is 9.58 Å². The first kappa shape index (κ1) is 20.7. The third-order valence-corrected chi connectivity index (χ3v) is 7.09. The smallest absolute Gasteiger partial charge is 0.260 e. The van der Waals surface area contributed by atoms with Gasteiger partial charge in [-0.1, -0.05) is 54.6 Å². The second-order valence-corrected chi connectivity index (χ2v) is 8.98. The number of methoxy groups -OCH3 is 1. The fraction of sp³-hybridized carbons (Fsp3) is 0.308. The predicted octanol–water partition coefficient (Wildman–Crippen LogP) is 3.89. The van der Waals surface area contributed by atoms with E-state index < -0.39 is 0 Å². The van der Waals surface area contributed by atoms with Crippen molar-refractivity contribution in [1.82, 2.24) is 14.8 Å². The predicted molar refractivity (Wildman–Crippen MR) is 126 cm³/mol. The van der Waals surface area contributed by atoms with Crippen LogP contribution in [0.15, 0.2) is 66.7 Å². The minimum absolute atomic E-state index is 0.0163. The van der Waals surface area contributed by atoms with Crippen LogP contribution in [0.3, 0.4) is 0 Å². The van der Waals surface area contributed by atoms with Gasteiger partial charge >= 0.3 is 0 Å². The molecule has 8 heteroatoms. The fourth-order valence-corrected chi connectivity index (χ4v) is 5.27. The van der Waals surface area contributed by atoms with Gasteiger partial charge in [-0.3, -0.25) is 9.59 Å². The number of rotatable bonds is 4. The molecule has 0 radical (unpaired) electrons. The third-order valence-electron chi connectivity index (χ3n) is 7.09. The molecule has 172 valence electrons. The Morgan fingerprint density at radius 2 is 1.59 bits per heavy atom. The standard InChI is InChI=1S/C26H25N5O3/c1-34-18-13-11-16(12-14-18)21-15-22(17-7-3-2-4-8-17)31-25(27-21)28-26(29-31)30-23(32)19-9-5-6-10-20(19)24(30)33/h2-8,11-14,19-22H,9-10,15H2,1H3,(H,27,28,29)/t19-,20+,21-,22+/m1/s1. The number of fused-ring (bicyclic) bond motifs is 2. The van der Waals surface area contributed by atoms with Gasteiger partial charge in [0.15, 0.2) is 0 Å². The van der Waals surface area contributed by atoms with Gasteiger partial charge in [-0.05, 0) is 42.5 Å². The molecule has 0 spiro atoms. The topological polar surface area (TPSA) is 89.4 Å². The molecule has 1 saturated heterocycles. The van der Waals surface area contributed by atoms with Gasteiger partial charge in [-0.2, -0.15) is 4.98 Å². The highest BCUT2D eigenvalue weighted by molar-refractivity contribution is 6.21. The van der Waals surface area contributed by atoms with Crippen molar-refractivity contribution in [2.75, 3.05) is 17.3 Å². The van der Waals surface area contributed by atoms with E-state index in [0.717, 1.165) is 23.3 Å². The molecule has 2 aromatic carbocycles. The Balaban J connectivity index is 1.38. The molecular weight excluding hydrogens is 430 g/mol. The largest absolute Gasteiger partial charge is 0.497 e. The van der Waals surface area contributed by atoms with Gasteiger partial charge in [0.25, 0.3) is 5.95 Å². The number of hydrogen-bond donors (Lipinski definition) is 1. The Labute approximate surface area is 197 Å². The summed E-state index contributed by atoms with van der Waals surface area (Å²) in [5, 5.41) is 8.17. The van der Waals surface area contributed by atoms with Gasteiger partial charge in [0.2, 0.25) is 17.8 Å². The number of benzene rings is 2. The Hall–Kier alpha value is -3.94. The number of carbonyl (C=O) groups is 2. The molecule has 1 aliphatic carbocycles. The maximum Gasteiger partial charge on any atom is 0.260 e. The van der Waals surface area contributed by atoms with Gasteiger partial charge in [0.1, 0.15) is 5.75 Å². The normalized spacial score (nSPS) is 25.6. The van der Waals surface area contributed by atoms with Gasteiger partial charge in [-0.15, -0.1) is 5.10 Å². The summed E-state index contributed by atoms with van der Waals surface area (Å²) in [6.07, 6.45) is 5.87. The van der Waals surface area contributed by atoms with Crippen molar-refractivity contribution in [2.24, 2.45) is 11.8 Å². The molecule has 4 atom stereocenters. The highest BCUT2D eigenvalue weighted by Gasteiger charge is 2.49. The first-order chi connectivity index (χ1) is 16.6. The van der Waals surface area contributed by atoms with Crippen molar-refractivity contribution in [2.45, 2.75) is 31.3 Å². The molecule has 1 fully saturated rings. The van der Waals surface area contributed by atoms with Crippen LogP contribution in [0, 0.1) is 11.8 Å². The van der Waals surface area contributed by atoms with Crippen LogP contribution in [-0.2, 0) is 9.59 Å². The maximum absolute atomic E-state index is 13.1. The summed E-state index contributed by atoms with van der Waals surface area (Å²) in [4.78, 5) is 32.1. The summed E-state index contributed by atoms with van der Waals surface area (Å²) in [5.74, 6) is 0.459. The number of ether oxygens (including phenoxy) is 1. The lowest BCUT2D eigenvalue weighted by Gasteiger charge is -2.31. The SMILES string of the molecule is COc1ccc([C@H]2C[C@@H](c3ccccc3)n3nc(N4C(=O)[C@H]5CC=CC[C@H]5C4=O)nc3N2)cc1. The molecule has 0 unspecified atom stereocenters. The molecular formula is C26H25N5O3. The van der Waals surface area contributed by atoms with Crippen LogP contribution in [0.2, 0.25) is 0 Å². The van der Waals surface area contributed by atoms with Crippen LogP contribution < -0.4 is 15.0 Å². The van der Waals surface area contributed by atoms with Gasteiger partial charge < -0.3 is 10.1 Å². The molecule has 3 aromatic rings. The van der Waals surface area contributed by atoms with Crippen LogP contribution in [0.4, 0.5) is 11.9 Å². The quantitative estimate of drug-likeness (QED) is 0.474. The van der Waals surface area contributed by atoms with E-state index in [1.807, 2.05) is 59.3 Å². The Kier molecular flexibility index (Phi) is 4.94. The van der Waals surface area contributed by atoms with Crippen molar-refractivity contribution in [3.05, 3.63) is 77.9 Å². The van der Waals surface area contributed by atoms with E-state index in [-0.39, 0.29) is 41.7 Å². The zero-order valence-corrected chi connectivity index (χ0v) is 18.8. The van der Waals surface area contributed by atoms with E-state index in [1.54, 1.807) is 7.11 Å². The molecule has 3 heterocycles. The first-order valence-electron chi connectivity index (χ1n) is 11.6. The zero-order chi connectivity index (χ0) is 23.2. The lowest BCUT2D eigenvalue weighted by molar-refractivity contribution is -0.122. The summed E-state index contributed by atoms with van der Waals surface area (Å²) in [6, 6.07) is 18.0. The number of amides is 2. The minimum atomic E-state index is -0.317. The molecule has 0 saturated carbocycles. The number of nitrogens with zero attached hydrogens (tertiary/aromatic N) is 4. The number of nitrogens with one attached hydrogen (secondary N) is 1. The van der Waals surface area contributed by atoms with Gasteiger partial charge in [0, 0.05) is 0 Å². The number of anilines is 2. The molecule has 34 heavy (non-hydrogen) atoms. The molecule has 3 aliphatic rings. The summed E-state index contributed by atoms with van der Waals surface area (Å²) in [7, 11) is 1.65. The number of aromatic nitrogens is 3. The second kappa shape index (κ2) is 8.13. The number of hydrogen-bond acceptors (Lipinski definition) is 6. The molecule has 2 aliphatic heterocycles. The molecule has 8 nitrogen and oxygen atoms in total. The monoisotopic (exact) mass is 455 g/mol. The van der Waals surface area contributed by atoms with E-state index in [1.165, 1.54) is 4.90 Å². The van der Waals surface area contributed by atoms with Crippen LogP contribution in [0.1, 0.15) is 42.5 Å². The molecule has 1 aromatic heterocycles. The molecule has 2 amide bonds. The number of allylic oxidation sites excluding steroid dienone is 2. The van der Waals surface area contributed by atoms with E-state index in [4.69, 9.17) is 9.84 Å². The van der Waals surface area contributed by atoms with E-state index in [9.17, 15) is 9.59 Å². The first-order valence-corrected chi connectivity index (χ1v) is 11.6. The Bertz CT molecular complexity index is 1240. The molecule has 0 bridgehead atoms. The average Bonchev–Trinajstić information content (AvgIpc) is 3.42. The second-order valence-electron chi connectivity index (χ2n) is 8.98.